The smallest absolute Gasteiger partial charge is 0.387 e. The highest BCUT2D eigenvalue weighted by molar-refractivity contribution is 5.85. The molecule has 0 unspecified atom stereocenters. The third kappa shape index (κ3) is 5.64. The van der Waals surface area contributed by atoms with E-state index in [9.17, 15) is 17.6 Å². The van der Waals surface area contributed by atoms with Crippen LogP contribution >= 0.6 is 0 Å². The maximum atomic E-state index is 14.4. The second kappa shape index (κ2) is 10.3. The molecule has 0 heterocycles. The first-order chi connectivity index (χ1) is 14.0. The van der Waals surface area contributed by atoms with Gasteiger partial charge in [-0.25, -0.2) is 8.78 Å². The van der Waals surface area contributed by atoms with Crippen molar-refractivity contribution in [3.05, 3.63) is 41.5 Å². The molecule has 160 valence electrons. The van der Waals surface area contributed by atoms with Gasteiger partial charge in [-0.2, -0.15) is 8.78 Å². The maximum Gasteiger partial charge on any atom is 0.387 e. The van der Waals surface area contributed by atoms with Crippen molar-refractivity contribution in [2.24, 2.45) is 5.92 Å². The quantitative estimate of drug-likeness (QED) is 0.298. The van der Waals surface area contributed by atoms with Crippen molar-refractivity contribution in [1.29, 1.82) is 0 Å². The van der Waals surface area contributed by atoms with Gasteiger partial charge in [0.1, 0.15) is 0 Å². The Labute approximate surface area is 170 Å². The summed E-state index contributed by atoms with van der Waals surface area (Å²) in [5.74, 6) is -2.01. The first kappa shape index (κ1) is 21.9. The van der Waals surface area contributed by atoms with Crippen LogP contribution in [-0.2, 0) is 0 Å². The van der Waals surface area contributed by atoms with Gasteiger partial charge in [0.2, 0.25) is 0 Å². The minimum absolute atomic E-state index is 0.103. The molecule has 0 amide bonds. The van der Waals surface area contributed by atoms with Gasteiger partial charge in [-0.15, -0.1) is 0 Å². The van der Waals surface area contributed by atoms with Crippen molar-refractivity contribution < 1.29 is 22.3 Å². The van der Waals surface area contributed by atoms with E-state index in [1.165, 1.54) is 51.4 Å². The molecule has 1 aliphatic carbocycles. The van der Waals surface area contributed by atoms with Crippen molar-refractivity contribution in [2.45, 2.75) is 83.7 Å². The van der Waals surface area contributed by atoms with Gasteiger partial charge >= 0.3 is 6.61 Å². The summed E-state index contributed by atoms with van der Waals surface area (Å²) in [5, 5.41) is 0.490. The zero-order valence-corrected chi connectivity index (χ0v) is 17.0. The summed E-state index contributed by atoms with van der Waals surface area (Å²) in [6, 6.07) is 6.27. The van der Waals surface area contributed by atoms with Crippen molar-refractivity contribution in [2.75, 3.05) is 0 Å². The van der Waals surface area contributed by atoms with Gasteiger partial charge in [0.25, 0.3) is 0 Å². The Morgan fingerprint density at radius 2 is 1.69 bits per heavy atom. The molecule has 29 heavy (non-hydrogen) atoms. The van der Waals surface area contributed by atoms with E-state index in [2.05, 4.69) is 11.7 Å². The van der Waals surface area contributed by atoms with Gasteiger partial charge in [-0.05, 0) is 54.5 Å². The number of fused-ring (bicyclic) bond motifs is 1. The number of hydrogen-bond acceptors (Lipinski definition) is 1. The molecule has 1 nitrogen and oxygen atoms in total. The Kier molecular flexibility index (Phi) is 7.79. The largest absolute Gasteiger partial charge is 0.429 e. The lowest BCUT2D eigenvalue weighted by molar-refractivity contribution is -0.0544. The second-order valence-electron chi connectivity index (χ2n) is 8.28. The highest BCUT2D eigenvalue weighted by atomic mass is 19.3. The minimum atomic E-state index is -3.27. The number of unbranched alkanes of at least 4 members (excludes halogenated alkanes) is 4. The third-order valence-corrected chi connectivity index (χ3v) is 6.25. The second-order valence-corrected chi connectivity index (χ2v) is 8.28. The van der Waals surface area contributed by atoms with Gasteiger partial charge in [0.05, 0.1) is 0 Å². The number of halogens is 4. The van der Waals surface area contributed by atoms with Crippen LogP contribution in [-0.4, -0.2) is 6.61 Å². The predicted octanol–water partition coefficient (Wildman–Crippen LogP) is 8.35. The van der Waals surface area contributed by atoms with Gasteiger partial charge in [-0.3, -0.25) is 0 Å². The Morgan fingerprint density at radius 3 is 2.38 bits per heavy atom. The van der Waals surface area contributed by atoms with Crippen molar-refractivity contribution in [3.8, 4) is 5.75 Å². The summed E-state index contributed by atoms with van der Waals surface area (Å²) in [4.78, 5) is 0. The van der Waals surface area contributed by atoms with Gasteiger partial charge < -0.3 is 4.74 Å². The average Bonchev–Trinajstić information content (AvgIpc) is 2.71. The Bertz CT molecular complexity index is 797. The molecule has 3 rings (SSSR count). The summed E-state index contributed by atoms with van der Waals surface area (Å²) >= 11 is 0. The molecule has 0 atom stereocenters. The molecule has 0 radical (unpaired) electrons. The van der Waals surface area contributed by atoms with E-state index in [0.29, 0.717) is 11.3 Å². The van der Waals surface area contributed by atoms with Crippen LogP contribution in [0.3, 0.4) is 0 Å². The SMILES string of the molecule is CCCCCCCC1CCC(c2ccc3c(F)c(OC(F)F)c(F)cc3c2)CC1. The van der Waals surface area contributed by atoms with Gasteiger partial charge in [-0.1, -0.05) is 63.6 Å². The number of ether oxygens (including phenoxy) is 1. The van der Waals surface area contributed by atoms with Gasteiger partial charge in [0.15, 0.2) is 17.4 Å². The maximum absolute atomic E-state index is 14.4. The molecule has 1 fully saturated rings. The normalized spacial score (nSPS) is 19.8. The molecule has 1 aliphatic rings. The van der Waals surface area contributed by atoms with Crippen molar-refractivity contribution in [1.82, 2.24) is 0 Å². The molecule has 5 heteroatoms. The van der Waals surface area contributed by atoms with Gasteiger partial charge in [0, 0.05) is 5.39 Å². The van der Waals surface area contributed by atoms with Crippen molar-refractivity contribution >= 4 is 10.8 Å². The zero-order valence-electron chi connectivity index (χ0n) is 17.0. The Balaban J connectivity index is 1.63. The van der Waals surface area contributed by atoms with Crippen LogP contribution in [0, 0.1) is 17.6 Å². The molecular weight excluding hydrogens is 380 g/mol. The number of rotatable bonds is 9. The van der Waals surface area contributed by atoms with Crippen LogP contribution in [0.15, 0.2) is 24.3 Å². The van der Waals surface area contributed by atoms with E-state index in [4.69, 9.17) is 0 Å². The molecule has 0 saturated heterocycles. The van der Waals surface area contributed by atoms with Crippen LogP contribution in [0.5, 0.6) is 5.75 Å². The van der Waals surface area contributed by atoms with Crippen LogP contribution in [0.2, 0.25) is 0 Å². The van der Waals surface area contributed by atoms with Crippen molar-refractivity contribution in [3.63, 3.8) is 0 Å². The highest BCUT2D eigenvalue weighted by Gasteiger charge is 2.24. The molecule has 2 aromatic rings. The monoisotopic (exact) mass is 410 g/mol. The lowest BCUT2D eigenvalue weighted by Gasteiger charge is -2.29. The van der Waals surface area contributed by atoms with Crippen LogP contribution in [0.4, 0.5) is 17.6 Å². The fraction of sp³-hybridized carbons (Fsp3) is 0.583. The molecule has 0 aromatic heterocycles. The molecule has 0 bridgehead atoms. The van der Waals surface area contributed by atoms with E-state index in [1.807, 2.05) is 6.07 Å². The number of alkyl halides is 2. The molecule has 0 N–H and O–H groups in total. The summed E-state index contributed by atoms with van der Waals surface area (Å²) in [6.07, 6.45) is 12.4. The summed E-state index contributed by atoms with van der Waals surface area (Å²) in [6.45, 7) is -1.04. The predicted molar refractivity (Wildman–Crippen MR) is 109 cm³/mol. The van der Waals surface area contributed by atoms with E-state index in [0.717, 1.165) is 30.4 Å². The third-order valence-electron chi connectivity index (χ3n) is 6.25. The van der Waals surface area contributed by atoms with E-state index < -0.39 is 24.0 Å². The first-order valence-electron chi connectivity index (χ1n) is 10.9. The molecular formula is C24H30F4O. The highest BCUT2D eigenvalue weighted by Crippen LogP contribution is 2.39. The topological polar surface area (TPSA) is 9.23 Å². The van der Waals surface area contributed by atoms with E-state index in [1.54, 1.807) is 12.1 Å². The fourth-order valence-electron chi connectivity index (χ4n) is 4.60. The molecule has 2 aromatic carbocycles. The Morgan fingerprint density at radius 1 is 0.966 bits per heavy atom. The lowest BCUT2D eigenvalue weighted by Crippen LogP contribution is -2.13. The number of hydrogen-bond donors (Lipinski definition) is 0. The first-order valence-corrected chi connectivity index (χ1v) is 10.9. The summed E-state index contributed by atoms with van der Waals surface area (Å²) in [5.41, 5.74) is 1.07. The molecule has 1 saturated carbocycles. The standard InChI is InChI=1S/C24H30F4O/c1-2-3-4-5-6-7-16-8-10-17(11-9-16)18-12-13-20-19(14-18)15-21(25)23(22(20)26)29-24(27)28/h12-17,24H,2-11H2,1H3. The van der Waals surface area contributed by atoms with E-state index in [-0.39, 0.29) is 5.39 Å². The van der Waals surface area contributed by atoms with Crippen LogP contribution in [0.1, 0.15) is 82.6 Å². The zero-order chi connectivity index (χ0) is 20.8. The summed E-state index contributed by atoms with van der Waals surface area (Å²) in [7, 11) is 0. The van der Waals surface area contributed by atoms with Crippen LogP contribution < -0.4 is 4.74 Å². The van der Waals surface area contributed by atoms with E-state index >= 15 is 0 Å². The molecule has 0 spiro atoms. The molecule has 0 aliphatic heterocycles. The minimum Gasteiger partial charge on any atom is -0.429 e. The average molecular weight is 410 g/mol. The lowest BCUT2D eigenvalue weighted by atomic mass is 9.76. The summed E-state index contributed by atoms with van der Waals surface area (Å²) < 4.78 is 57.3. The fourth-order valence-corrected chi connectivity index (χ4v) is 4.60. The number of benzene rings is 2. The Hall–Kier alpha value is -1.78. The van der Waals surface area contributed by atoms with Crippen LogP contribution in [0.25, 0.3) is 10.8 Å².